The molecule has 1 aliphatic heterocycles. The molecule has 3 rings (SSSR count). The van der Waals surface area contributed by atoms with Gasteiger partial charge in [-0.1, -0.05) is 0 Å². The summed E-state index contributed by atoms with van der Waals surface area (Å²) in [6, 6.07) is 0. The molecule has 3 heterocycles. The number of piperazine rings is 1. The van der Waals surface area contributed by atoms with Gasteiger partial charge in [0.2, 0.25) is 10.0 Å². The Balaban J connectivity index is 1.77. The molecule has 0 unspecified atom stereocenters. The Hall–Kier alpha value is -1.45. The normalized spacial score (nSPS) is 17.3. The smallest absolute Gasteiger partial charge is 0.246 e. The number of aromatic nitrogens is 3. The van der Waals surface area contributed by atoms with E-state index in [1.165, 1.54) is 4.31 Å². The molecule has 0 amide bonds. The van der Waals surface area contributed by atoms with Crippen LogP contribution in [-0.4, -0.2) is 54.1 Å². The van der Waals surface area contributed by atoms with E-state index in [4.69, 9.17) is 0 Å². The Kier molecular flexibility index (Phi) is 3.72. The first-order valence-electron chi connectivity index (χ1n) is 6.66. The van der Waals surface area contributed by atoms with Gasteiger partial charge in [0.25, 0.3) is 0 Å². The van der Waals surface area contributed by atoms with E-state index in [1.54, 1.807) is 31.4 Å². The van der Waals surface area contributed by atoms with Crippen molar-refractivity contribution in [3.05, 3.63) is 23.0 Å². The average Bonchev–Trinajstić information content (AvgIpc) is 3.09. The highest BCUT2D eigenvalue weighted by molar-refractivity contribution is 7.89. The molecule has 1 aliphatic rings. The highest BCUT2D eigenvalue weighted by atomic mass is 32.2. The third-order valence-corrected chi connectivity index (χ3v) is 6.58. The van der Waals surface area contributed by atoms with Crippen molar-refractivity contribution in [2.24, 2.45) is 0 Å². The lowest BCUT2D eigenvalue weighted by Gasteiger charge is -2.33. The summed E-state index contributed by atoms with van der Waals surface area (Å²) in [5.74, 6) is 0. The highest BCUT2D eigenvalue weighted by Gasteiger charge is 2.32. The second kappa shape index (κ2) is 5.39. The van der Waals surface area contributed by atoms with E-state index in [0.717, 1.165) is 5.13 Å². The van der Waals surface area contributed by atoms with E-state index >= 15 is 0 Å². The van der Waals surface area contributed by atoms with Gasteiger partial charge < -0.3 is 4.90 Å². The molecular formula is C12H17N5O2S2. The van der Waals surface area contributed by atoms with Crippen LogP contribution in [0.25, 0.3) is 0 Å². The molecule has 21 heavy (non-hydrogen) atoms. The largest absolute Gasteiger partial charge is 0.345 e. The molecule has 114 valence electrons. The number of nitrogens with one attached hydrogen (secondary N) is 1. The maximum Gasteiger partial charge on any atom is 0.246 e. The molecule has 0 bridgehead atoms. The van der Waals surface area contributed by atoms with Gasteiger partial charge in [0.05, 0.1) is 11.4 Å². The molecular weight excluding hydrogens is 310 g/mol. The van der Waals surface area contributed by atoms with Gasteiger partial charge in [0.15, 0.2) is 5.13 Å². The van der Waals surface area contributed by atoms with Crippen LogP contribution in [-0.2, 0) is 10.0 Å². The Morgan fingerprint density at radius 1 is 1.24 bits per heavy atom. The maximum atomic E-state index is 12.7. The lowest BCUT2D eigenvalue weighted by Crippen LogP contribution is -2.48. The SMILES string of the molecule is Cc1n[nH]c(C)c1S(=O)(=O)N1CCN(c2nccs2)CC1. The Morgan fingerprint density at radius 2 is 1.95 bits per heavy atom. The fraction of sp³-hybridized carbons (Fsp3) is 0.500. The first kappa shape index (κ1) is 14.5. The second-order valence-corrected chi connectivity index (χ2v) is 7.72. The lowest BCUT2D eigenvalue weighted by molar-refractivity contribution is 0.384. The molecule has 2 aromatic heterocycles. The van der Waals surface area contributed by atoms with Crippen LogP contribution in [0.15, 0.2) is 16.5 Å². The van der Waals surface area contributed by atoms with Crippen molar-refractivity contribution in [3.8, 4) is 0 Å². The number of aryl methyl sites for hydroxylation is 2. The van der Waals surface area contributed by atoms with Crippen molar-refractivity contribution >= 4 is 26.5 Å². The number of hydrogen-bond acceptors (Lipinski definition) is 6. The minimum absolute atomic E-state index is 0.310. The van der Waals surface area contributed by atoms with Crippen LogP contribution >= 0.6 is 11.3 Å². The van der Waals surface area contributed by atoms with Gasteiger partial charge in [-0.2, -0.15) is 9.40 Å². The first-order chi connectivity index (χ1) is 10.00. The van der Waals surface area contributed by atoms with Gasteiger partial charge in [-0.15, -0.1) is 11.3 Å². The van der Waals surface area contributed by atoms with Crippen molar-refractivity contribution in [2.75, 3.05) is 31.1 Å². The summed E-state index contributed by atoms with van der Waals surface area (Å²) in [6.07, 6.45) is 1.77. The van der Waals surface area contributed by atoms with Gasteiger partial charge in [-0.25, -0.2) is 13.4 Å². The minimum atomic E-state index is -3.48. The second-order valence-electron chi connectivity index (χ2n) is 4.97. The number of aromatic amines is 1. The van der Waals surface area contributed by atoms with E-state index in [2.05, 4.69) is 20.1 Å². The molecule has 2 aromatic rings. The van der Waals surface area contributed by atoms with Crippen LogP contribution < -0.4 is 4.90 Å². The van der Waals surface area contributed by atoms with E-state index in [9.17, 15) is 8.42 Å². The van der Waals surface area contributed by atoms with Crippen molar-refractivity contribution in [3.63, 3.8) is 0 Å². The summed E-state index contributed by atoms with van der Waals surface area (Å²) in [7, 11) is -3.48. The topological polar surface area (TPSA) is 82.2 Å². The van der Waals surface area contributed by atoms with E-state index in [1.807, 2.05) is 5.38 Å². The summed E-state index contributed by atoms with van der Waals surface area (Å²) in [4.78, 5) is 6.69. The highest BCUT2D eigenvalue weighted by Crippen LogP contribution is 2.25. The predicted molar refractivity (Wildman–Crippen MR) is 81.1 cm³/mol. The fourth-order valence-corrected chi connectivity index (χ4v) is 4.99. The number of sulfonamides is 1. The summed E-state index contributed by atoms with van der Waals surface area (Å²) < 4.78 is 27.0. The standard InChI is InChI=1S/C12H17N5O2S2/c1-9-11(10(2)15-14-9)21(18,19)17-6-4-16(5-7-17)12-13-3-8-20-12/h3,8H,4-7H2,1-2H3,(H,14,15). The van der Waals surface area contributed by atoms with Crippen molar-refractivity contribution in [2.45, 2.75) is 18.7 Å². The van der Waals surface area contributed by atoms with E-state index in [0.29, 0.717) is 42.5 Å². The lowest BCUT2D eigenvalue weighted by atomic mass is 10.4. The Morgan fingerprint density at radius 3 is 2.48 bits per heavy atom. The number of hydrogen-bond donors (Lipinski definition) is 1. The van der Waals surface area contributed by atoms with Crippen LogP contribution in [0, 0.1) is 13.8 Å². The van der Waals surface area contributed by atoms with Crippen molar-refractivity contribution < 1.29 is 8.42 Å². The van der Waals surface area contributed by atoms with Gasteiger partial charge in [-0.3, -0.25) is 5.10 Å². The molecule has 1 saturated heterocycles. The van der Waals surface area contributed by atoms with Gasteiger partial charge >= 0.3 is 0 Å². The fourth-order valence-electron chi connectivity index (χ4n) is 2.54. The number of H-pyrrole nitrogens is 1. The monoisotopic (exact) mass is 327 g/mol. The van der Waals surface area contributed by atoms with Crippen molar-refractivity contribution in [1.29, 1.82) is 0 Å². The van der Waals surface area contributed by atoms with Crippen LogP contribution in [0.5, 0.6) is 0 Å². The first-order valence-corrected chi connectivity index (χ1v) is 8.98. The number of thiazole rings is 1. The maximum absolute atomic E-state index is 12.7. The average molecular weight is 327 g/mol. The molecule has 1 fully saturated rings. The minimum Gasteiger partial charge on any atom is -0.345 e. The van der Waals surface area contributed by atoms with E-state index < -0.39 is 10.0 Å². The third-order valence-electron chi connectivity index (χ3n) is 3.59. The van der Waals surface area contributed by atoms with Crippen LogP contribution in [0.4, 0.5) is 5.13 Å². The van der Waals surface area contributed by atoms with Gasteiger partial charge in [0, 0.05) is 37.8 Å². The molecule has 0 saturated carbocycles. The van der Waals surface area contributed by atoms with Gasteiger partial charge in [-0.05, 0) is 13.8 Å². The number of anilines is 1. The molecule has 0 aromatic carbocycles. The van der Waals surface area contributed by atoms with Crippen molar-refractivity contribution in [1.82, 2.24) is 19.5 Å². The zero-order valence-corrected chi connectivity index (χ0v) is 13.5. The third kappa shape index (κ3) is 2.56. The zero-order valence-electron chi connectivity index (χ0n) is 11.9. The van der Waals surface area contributed by atoms with E-state index in [-0.39, 0.29) is 0 Å². The predicted octanol–water partition coefficient (Wildman–Crippen LogP) is 0.994. The quantitative estimate of drug-likeness (QED) is 0.909. The molecule has 0 spiro atoms. The van der Waals surface area contributed by atoms with Crippen LogP contribution in [0.3, 0.4) is 0 Å². The molecule has 9 heteroatoms. The molecule has 0 radical (unpaired) electrons. The zero-order chi connectivity index (χ0) is 15.0. The number of nitrogens with zero attached hydrogens (tertiary/aromatic N) is 4. The summed E-state index contributed by atoms with van der Waals surface area (Å²) in [5, 5.41) is 9.60. The molecule has 7 nitrogen and oxygen atoms in total. The summed E-state index contributed by atoms with van der Waals surface area (Å²) in [6.45, 7) is 5.68. The summed E-state index contributed by atoms with van der Waals surface area (Å²) in [5.41, 5.74) is 1.12. The Labute approximate surface area is 127 Å². The molecule has 0 atom stereocenters. The van der Waals surface area contributed by atoms with Crippen LogP contribution in [0.1, 0.15) is 11.4 Å². The molecule has 0 aliphatic carbocycles. The molecule has 1 N–H and O–H groups in total. The summed E-state index contributed by atoms with van der Waals surface area (Å²) >= 11 is 1.57. The Bertz CT molecular complexity index is 695. The van der Waals surface area contributed by atoms with Crippen LogP contribution in [0.2, 0.25) is 0 Å². The van der Waals surface area contributed by atoms with Gasteiger partial charge in [0.1, 0.15) is 4.90 Å². The number of rotatable bonds is 3.